The third kappa shape index (κ3) is 6.10. The number of carboxylic acid groups (broad SMARTS) is 1. The summed E-state index contributed by atoms with van der Waals surface area (Å²) in [5.74, 6) is -0.539. The average Bonchev–Trinajstić information content (AvgIpc) is 2.57. The van der Waals surface area contributed by atoms with Crippen molar-refractivity contribution < 1.29 is 24.5 Å². The Balaban J connectivity index is 1.67. The molecule has 0 aromatic heterocycles. The number of hydrogen-bond acceptors (Lipinski definition) is 4. The van der Waals surface area contributed by atoms with Crippen LogP contribution in [0.2, 0.25) is 0 Å². The number of rotatable bonds is 9. The van der Waals surface area contributed by atoms with Crippen LogP contribution >= 0.6 is 0 Å². The standard InChI is InChI=1S/C18H20O5/c19-17(18(20)21)12-14-6-8-16(9-7-14)23-11-10-22-13-15-4-2-1-3-5-15/h1-9,17,19H,10-13H2,(H,20,21). The van der Waals surface area contributed by atoms with Gasteiger partial charge in [-0.2, -0.15) is 0 Å². The lowest BCUT2D eigenvalue weighted by Gasteiger charge is -2.09. The Morgan fingerprint density at radius 3 is 2.30 bits per heavy atom. The molecule has 5 heteroatoms. The van der Waals surface area contributed by atoms with Crippen molar-refractivity contribution >= 4 is 5.97 Å². The quantitative estimate of drug-likeness (QED) is 0.694. The predicted molar refractivity (Wildman–Crippen MR) is 85.4 cm³/mol. The maximum absolute atomic E-state index is 10.6. The fourth-order valence-corrected chi connectivity index (χ4v) is 2.02. The summed E-state index contributed by atoms with van der Waals surface area (Å²) in [5, 5.41) is 18.0. The minimum absolute atomic E-state index is 0.0792. The highest BCUT2D eigenvalue weighted by Gasteiger charge is 2.13. The third-order valence-electron chi connectivity index (χ3n) is 3.25. The molecule has 1 unspecified atom stereocenters. The predicted octanol–water partition coefficient (Wildman–Crippen LogP) is 2.27. The Hall–Kier alpha value is -2.37. The van der Waals surface area contributed by atoms with Gasteiger partial charge in [-0.25, -0.2) is 4.79 Å². The highest BCUT2D eigenvalue weighted by atomic mass is 16.5. The van der Waals surface area contributed by atoms with Crippen molar-refractivity contribution in [3.63, 3.8) is 0 Å². The minimum Gasteiger partial charge on any atom is -0.491 e. The zero-order chi connectivity index (χ0) is 16.5. The first-order valence-corrected chi connectivity index (χ1v) is 7.39. The second-order valence-electron chi connectivity index (χ2n) is 5.09. The number of aliphatic hydroxyl groups excluding tert-OH is 1. The summed E-state index contributed by atoms with van der Waals surface area (Å²) in [4.78, 5) is 10.6. The van der Waals surface area contributed by atoms with E-state index in [1.54, 1.807) is 24.3 Å². The van der Waals surface area contributed by atoms with Gasteiger partial charge in [-0.05, 0) is 23.3 Å². The number of carboxylic acids is 1. The highest BCUT2D eigenvalue weighted by Crippen LogP contribution is 2.13. The molecular formula is C18H20O5. The molecule has 0 heterocycles. The molecule has 1 atom stereocenters. The molecular weight excluding hydrogens is 296 g/mol. The lowest BCUT2D eigenvalue weighted by molar-refractivity contribution is -0.146. The molecule has 2 aromatic carbocycles. The number of carbonyl (C=O) groups is 1. The Morgan fingerprint density at radius 1 is 0.957 bits per heavy atom. The van der Waals surface area contributed by atoms with E-state index in [9.17, 15) is 9.90 Å². The van der Waals surface area contributed by atoms with Crippen LogP contribution in [0.4, 0.5) is 0 Å². The van der Waals surface area contributed by atoms with Crippen molar-refractivity contribution in [2.75, 3.05) is 13.2 Å². The van der Waals surface area contributed by atoms with Crippen molar-refractivity contribution in [1.82, 2.24) is 0 Å². The zero-order valence-electron chi connectivity index (χ0n) is 12.7. The molecule has 23 heavy (non-hydrogen) atoms. The third-order valence-corrected chi connectivity index (χ3v) is 3.25. The van der Waals surface area contributed by atoms with E-state index in [-0.39, 0.29) is 6.42 Å². The number of ether oxygens (including phenoxy) is 2. The average molecular weight is 316 g/mol. The smallest absolute Gasteiger partial charge is 0.332 e. The Kier molecular flexibility index (Phi) is 6.59. The molecule has 0 fully saturated rings. The fourth-order valence-electron chi connectivity index (χ4n) is 2.02. The number of benzene rings is 2. The van der Waals surface area contributed by atoms with Gasteiger partial charge >= 0.3 is 5.97 Å². The van der Waals surface area contributed by atoms with Crippen LogP contribution in [0.25, 0.3) is 0 Å². The van der Waals surface area contributed by atoms with Crippen LogP contribution in [0.5, 0.6) is 5.75 Å². The van der Waals surface area contributed by atoms with Gasteiger partial charge in [-0.1, -0.05) is 42.5 Å². The lowest BCUT2D eigenvalue weighted by atomic mass is 10.1. The molecule has 122 valence electrons. The molecule has 0 aliphatic rings. The summed E-state index contributed by atoms with van der Waals surface area (Å²) >= 11 is 0. The van der Waals surface area contributed by atoms with Crippen LogP contribution in [0.3, 0.4) is 0 Å². The van der Waals surface area contributed by atoms with Gasteiger partial charge in [-0.15, -0.1) is 0 Å². The van der Waals surface area contributed by atoms with Crippen LogP contribution in [0, 0.1) is 0 Å². The summed E-state index contributed by atoms with van der Waals surface area (Å²) in [5.41, 5.74) is 1.86. The summed E-state index contributed by atoms with van der Waals surface area (Å²) in [6.45, 7) is 1.47. The van der Waals surface area contributed by atoms with E-state index in [2.05, 4.69) is 0 Å². The van der Waals surface area contributed by atoms with E-state index in [4.69, 9.17) is 14.6 Å². The molecule has 0 saturated heterocycles. The molecule has 0 amide bonds. The number of hydrogen-bond donors (Lipinski definition) is 2. The first-order valence-electron chi connectivity index (χ1n) is 7.39. The second-order valence-corrected chi connectivity index (χ2v) is 5.09. The first-order chi connectivity index (χ1) is 11.1. The van der Waals surface area contributed by atoms with Crippen LogP contribution in [-0.2, 0) is 22.6 Å². The Bertz CT molecular complexity index is 595. The van der Waals surface area contributed by atoms with Gasteiger partial charge in [0.05, 0.1) is 13.2 Å². The van der Waals surface area contributed by atoms with Gasteiger partial charge in [0.25, 0.3) is 0 Å². The van der Waals surface area contributed by atoms with E-state index in [1.807, 2.05) is 30.3 Å². The van der Waals surface area contributed by atoms with Crippen molar-refractivity contribution in [1.29, 1.82) is 0 Å². The normalized spacial score (nSPS) is 11.9. The van der Waals surface area contributed by atoms with Gasteiger partial charge in [-0.3, -0.25) is 0 Å². The van der Waals surface area contributed by atoms with Crippen LogP contribution < -0.4 is 4.74 Å². The first kappa shape index (κ1) is 17.0. The van der Waals surface area contributed by atoms with Crippen molar-refractivity contribution in [2.24, 2.45) is 0 Å². The fraction of sp³-hybridized carbons (Fsp3) is 0.278. The van der Waals surface area contributed by atoms with E-state index < -0.39 is 12.1 Å². The van der Waals surface area contributed by atoms with Gasteiger partial charge in [0.2, 0.25) is 0 Å². The van der Waals surface area contributed by atoms with Crippen LogP contribution in [-0.4, -0.2) is 35.5 Å². The largest absolute Gasteiger partial charge is 0.491 e. The van der Waals surface area contributed by atoms with E-state index in [0.29, 0.717) is 25.6 Å². The molecule has 5 nitrogen and oxygen atoms in total. The number of aliphatic carboxylic acids is 1. The Labute approximate surface area is 135 Å². The molecule has 2 aromatic rings. The summed E-state index contributed by atoms with van der Waals surface area (Å²) in [6, 6.07) is 16.9. The molecule has 0 radical (unpaired) electrons. The van der Waals surface area contributed by atoms with Crippen molar-refractivity contribution in [2.45, 2.75) is 19.1 Å². The van der Waals surface area contributed by atoms with Gasteiger partial charge in [0, 0.05) is 6.42 Å². The van der Waals surface area contributed by atoms with Gasteiger partial charge < -0.3 is 19.7 Å². The summed E-state index contributed by atoms with van der Waals surface area (Å²) < 4.78 is 11.1. The van der Waals surface area contributed by atoms with E-state index in [1.165, 1.54) is 0 Å². The molecule has 0 spiro atoms. The molecule has 0 bridgehead atoms. The van der Waals surface area contributed by atoms with Gasteiger partial charge in [0.1, 0.15) is 12.4 Å². The SMILES string of the molecule is O=C(O)C(O)Cc1ccc(OCCOCc2ccccc2)cc1. The van der Waals surface area contributed by atoms with Gasteiger partial charge in [0.15, 0.2) is 6.10 Å². The molecule has 2 rings (SSSR count). The topological polar surface area (TPSA) is 76.0 Å². The lowest BCUT2D eigenvalue weighted by Crippen LogP contribution is -2.21. The molecule has 0 aliphatic carbocycles. The van der Waals surface area contributed by atoms with Crippen molar-refractivity contribution in [3.05, 3.63) is 65.7 Å². The highest BCUT2D eigenvalue weighted by molar-refractivity contribution is 5.72. The second kappa shape index (κ2) is 8.92. The molecule has 2 N–H and O–H groups in total. The van der Waals surface area contributed by atoms with Crippen LogP contribution in [0.1, 0.15) is 11.1 Å². The zero-order valence-corrected chi connectivity index (χ0v) is 12.7. The molecule has 0 aliphatic heterocycles. The summed E-state index contributed by atoms with van der Waals surface area (Å²) in [7, 11) is 0. The monoisotopic (exact) mass is 316 g/mol. The summed E-state index contributed by atoms with van der Waals surface area (Å²) in [6.07, 6.45) is -1.30. The van der Waals surface area contributed by atoms with E-state index >= 15 is 0 Å². The van der Waals surface area contributed by atoms with Crippen LogP contribution in [0.15, 0.2) is 54.6 Å². The molecule has 0 saturated carbocycles. The minimum atomic E-state index is -1.38. The van der Waals surface area contributed by atoms with Crippen molar-refractivity contribution in [3.8, 4) is 5.75 Å². The maximum atomic E-state index is 10.6. The maximum Gasteiger partial charge on any atom is 0.332 e. The Morgan fingerprint density at radius 2 is 1.65 bits per heavy atom. The number of aliphatic hydroxyl groups is 1. The van der Waals surface area contributed by atoms with E-state index in [0.717, 1.165) is 11.1 Å².